The zero-order valence-electron chi connectivity index (χ0n) is 20.7. The fourth-order valence-electron chi connectivity index (χ4n) is 4.47. The maximum absolute atomic E-state index is 14.7. The van der Waals surface area contributed by atoms with E-state index in [1.807, 2.05) is 13.8 Å². The maximum Gasteiger partial charge on any atom is 0.271 e. The van der Waals surface area contributed by atoms with Crippen LogP contribution < -0.4 is 15.5 Å². The van der Waals surface area contributed by atoms with Crippen molar-refractivity contribution >= 4 is 34.3 Å². The first-order valence-corrected chi connectivity index (χ1v) is 12.1. The van der Waals surface area contributed by atoms with Crippen LogP contribution in [0.15, 0.2) is 30.7 Å². The van der Waals surface area contributed by atoms with Gasteiger partial charge in [0.1, 0.15) is 17.3 Å². The quantitative estimate of drug-likeness (QED) is 0.455. The molecule has 0 spiro atoms. The molecule has 1 saturated heterocycles. The van der Waals surface area contributed by atoms with E-state index in [-0.39, 0.29) is 31.0 Å². The van der Waals surface area contributed by atoms with Crippen molar-refractivity contribution in [1.29, 1.82) is 0 Å². The highest BCUT2D eigenvalue weighted by molar-refractivity contribution is 6.06. The van der Waals surface area contributed by atoms with Crippen molar-refractivity contribution in [3.8, 4) is 0 Å². The first-order chi connectivity index (χ1) is 17.4. The summed E-state index contributed by atoms with van der Waals surface area (Å²) in [5.41, 5.74) is -0.871. The SMILES string of the molecule is CC(C)c1cnc(C(=O)N[C@@H]2CC2(F)F)c2cnc(Nc3ccnc(N4CC[C@@H](O)[C@@](C)(F)C4)n3)cc12. The Morgan fingerprint density at radius 2 is 1.92 bits per heavy atom. The summed E-state index contributed by atoms with van der Waals surface area (Å²) >= 11 is 0. The molecule has 3 aromatic rings. The zero-order valence-corrected chi connectivity index (χ0v) is 20.7. The highest BCUT2D eigenvalue weighted by Gasteiger charge is 2.58. The molecule has 12 heteroatoms. The van der Waals surface area contributed by atoms with E-state index >= 15 is 0 Å². The second-order valence-electron chi connectivity index (χ2n) is 10.2. The molecular weight excluding hydrogens is 487 g/mol. The Morgan fingerprint density at radius 1 is 1.16 bits per heavy atom. The first-order valence-electron chi connectivity index (χ1n) is 12.1. The van der Waals surface area contributed by atoms with Gasteiger partial charge in [-0.3, -0.25) is 9.78 Å². The number of anilines is 3. The molecule has 0 unspecified atom stereocenters. The lowest BCUT2D eigenvalue weighted by Crippen LogP contribution is -2.52. The van der Waals surface area contributed by atoms with Crippen LogP contribution in [0.25, 0.3) is 10.8 Å². The summed E-state index contributed by atoms with van der Waals surface area (Å²) in [6.07, 6.45) is 3.46. The Kier molecular flexibility index (Phi) is 6.17. The van der Waals surface area contributed by atoms with Crippen LogP contribution in [-0.4, -0.2) is 67.8 Å². The monoisotopic (exact) mass is 515 g/mol. The molecule has 3 N–H and O–H groups in total. The number of hydrogen-bond donors (Lipinski definition) is 3. The van der Waals surface area contributed by atoms with Crippen molar-refractivity contribution in [3.05, 3.63) is 42.0 Å². The predicted molar refractivity (Wildman–Crippen MR) is 132 cm³/mol. The third kappa shape index (κ3) is 5.02. The number of carbonyl (C=O) groups excluding carboxylic acids is 1. The summed E-state index contributed by atoms with van der Waals surface area (Å²) < 4.78 is 41.3. The number of halogens is 3. The van der Waals surface area contributed by atoms with Crippen LogP contribution in [0.4, 0.5) is 30.8 Å². The Labute approximate surface area is 211 Å². The average molecular weight is 516 g/mol. The Hall–Kier alpha value is -3.54. The van der Waals surface area contributed by atoms with Crippen LogP contribution >= 0.6 is 0 Å². The van der Waals surface area contributed by atoms with Gasteiger partial charge in [0.25, 0.3) is 11.8 Å². The highest BCUT2D eigenvalue weighted by Crippen LogP contribution is 2.42. The largest absolute Gasteiger partial charge is 0.390 e. The number of aliphatic hydroxyl groups excluding tert-OH is 1. The average Bonchev–Trinajstić information content (AvgIpc) is 3.45. The Bertz CT molecular complexity index is 1350. The van der Waals surface area contributed by atoms with E-state index in [1.54, 1.807) is 29.4 Å². The Balaban J connectivity index is 1.42. The number of amides is 1. The minimum atomic E-state index is -2.88. The van der Waals surface area contributed by atoms with Crippen LogP contribution in [0.5, 0.6) is 0 Å². The van der Waals surface area contributed by atoms with Crippen molar-refractivity contribution in [1.82, 2.24) is 25.3 Å². The van der Waals surface area contributed by atoms with E-state index in [0.717, 1.165) is 5.56 Å². The Morgan fingerprint density at radius 3 is 2.59 bits per heavy atom. The first kappa shape index (κ1) is 25.1. The molecule has 4 heterocycles. The van der Waals surface area contributed by atoms with E-state index in [4.69, 9.17) is 0 Å². The topological polar surface area (TPSA) is 116 Å². The lowest BCUT2D eigenvalue weighted by atomic mass is 9.94. The van der Waals surface area contributed by atoms with E-state index in [1.165, 1.54) is 13.1 Å². The summed E-state index contributed by atoms with van der Waals surface area (Å²) in [6.45, 7) is 5.71. The number of hydrogen-bond acceptors (Lipinski definition) is 8. The van der Waals surface area contributed by atoms with E-state index in [0.29, 0.717) is 34.9 Å². The molecule has 5 rings (SSSR count). The number of nitrogens with zero attached hydrogens (tertiary/aromatic N) is 5. The van der Waals surface area contributed by atoms with Crippen molar-refractivity contribution in [2.75, 3.05) is 23.3 Å². The van der Waals surface area contributed by atoms with Crippen molar-refractivity contribution in [3.63, 3.8) is 0 Å². The minimum absolute atomic E-state index is 0.0335. The molecule has 2 fully saturated rings. The molecule has 37 heavy (non-hydrogen) atoms. The minimum Gasteiger partial charge on any atom is -0.390 e. The number of rotatable bonds is 6. The predicted octanol–water partition coefficient (Wildman–Crippen LogP) is 3.72. The standard InChI is InChI=1S/C25H28F3N7O2/c1-13(2)15-10-31-21(22(37)32-17-9-25(17,27)28)16-11-30-20(8-14(15)16)33-19-4-6-29-23(34-19)35-7-5-18(36)24(3,26)12-35/h4,6,8,10-11,13,17-18,36H,5,7,9,12H2,1-3H3,(H,32,37)(H,29,30,33,34)/t17-,18-,24+/m1/s1. The number of fused-ring (bicyclic) bond motifs is 1. The summed E-state index contributed by atoms with van der Waals surface area (Å²) in [5.74, 6) is -2.29. The molecule has 196 valence electrons. The molecule has 0 radical (unpaired) electrons. The second-order valence-corrected chi connectivity index (χ2v) is 10.2. The van der Waals surface area contributed by atoms with Gasteiger partial charge in [0, 0.05) is 36.9 Å². The molecule has 9 nitrogen and oxygen atoms in total. The number of aliphatic hydroxyl groups is 1. The molecule has 1 saturated carbocycles. The number of carbonyl (C=O) groups is 1. The van der Waals surface area contributed by atoms with Gasteiger partial charge >= 0.3 is 0 Å². The fourth-order valence-corrected chi connectivity index (χ4v) is 4.47. The lowest BCUT2D eigenvalue weighted by Gasteiger charge is -2.38. The number of nitrogens with one attached hydrogen (secondary N) is 2. The molecule has 1 aliphatic heterocycles. The van der Waals surface area contributed by atoms with E-state index in [2.05, 4.69) is 30.6 Å². The second kappa shape index (κ2) is 9.09. The lowest BCUT2D eigenvalue weighted by molar-refractivity contribution is -0.00860. The van der Waals surface area contributed by atoms with E-state index in [9.17, 15) is 23.1 Å². The van der Waals surface area contributed by atoms with Gasteiger partial charge in [-0.15, -0.1) is 0 Å². The van der Waals surface area contributed by atoms with Crippen LogP contribution in [0.1, 0.15) is 55.6 Å². The van der Waals surface area contributed by atoms with Gasteiger partial charge in [-0.2, -0.15) is 4.98 Å². The van der Waals surface area contributed by atoms with E-state index < -0.39 is 29.6 Å². The van der Waals surface area contributed by atoms with Crippen molar-refractivity contribution < 1.29 is 23.1 Å². The highest BCUT2D eigenvalue weighted by atomic mass is 19.3. The summed E-state index contributed by atoms with van der Waals surface area (Å²) in [5, 5.41) is 16.5. The van der Waals surface area contributed by atoms with Crippen molar-refractivity contribution in [2.24, 2.45) is 0 Å². The zero-order chi connectivity index (χ0) is 26.5. The van der Waals surface area contributed by atoms with Gasteiger partial charge in [-0.1, -0.05) is 13.8 Å². The molecule has 0 bridgehead atoms. The molecule has 1 aliphatic carbocycles. The van der Waals surface area contributed by atoms with Crippen LogP contribution in [0, 0.1) is 0 Å². The van der Waals surface area contributed by atoms with Crippen LogP contribution in [0.3, 0.4) is 0 Å². The van der Waals surface area contributed by atoms with Gasteiger partial charge in [-0.25, -0.2) is 23.1 Å². The number of aromatic nitrogens is 4. The summed E-state index contributed by atoms with van der Waals surface area (Å²) in [6, 6.07) is 2.22. The third-order valence-electron chi connectivity index (χ3n) is 6.82. The number of alkyl halides is 3. The maximum atomic E-state index is 14.7. The third-order valence-corrected chi connectivity index (χ3v) is 6.82. The van der Waals surface area contributed by atoms with Gasteiger partial charge in [0.15, 0.2) is 5.67 Å². The molecule has 3 aromatic heterocycles. The summed E-state index contributed by atoms with van der Waals surface area (Å²) in [4.78, 5) is 31.8. The molecule has 3 atom stereocenters. The van der Waals surface area contributed by atoms with Crippen molar-refractivity contribution in [2.45, 2.75) is 63.3 Å². The van der Waals surface area contributed by atoms with Gasteiger partial charge < -0.3 is 20.6 Å². The number of piperidine rings is 1. The van der Waals surface area contributed by atoms with Crippen LogP contribution in [-0.2, 0) is 0 Å². The van der Waals surface area contributed by atoms with Gasteiger partial charge in [-0.05, 0) is 42.3 Å². The normalized spacial score (nSPS) is 24.8. The smallest absolute Gasteiger partial charge is 0.271 e. The molecular formula is C25H28F3N7O2. The van der Waals surface area contributed by atoms with Gasteiger partial charge in [0.2, 0.25) is 5.95 Å². The molecule has 2 aliphatic rings. The number of pyridine rings is 2. The summed E-state index contributed by atoms with van der Waals surface area (Å²) in [7, 11) is 0. The van der Waals surface area contributed by atoms with Gasteiger partial charge in [0.05, 0.1) is 18.7 Å². The molecule has 1 amide bonds. The van der Waals surface area contributed by atoms with Crippen LogP contribution in [0.2, 0.25) is 0 Å². The molecule has 0 aromatic carbocycles. The fraction of sp³-hybridized carbons (Fsp3) is 0.480.